The lowest BCUT2D eigenvalue weighted by Gasteiger charge is -2.32. The number of carbonyl (C=O) groups is 2. The number of aromatic nitrogens is 1. The number of nitrogens with zero attached hydrogens (tertiary/aromatic N) is 2. The van der Waals surface area contributed by atoms with Crippen LogP contribution in [-0.4, -0.2) is 34.8 Å². The Balaban J connectivity index is 1.29. The number of likely N-dealkylation sites (tertiary alicyclic amines) is 1. The van der Waals surface area contributed by atoms with Gasteiger partial charge in [0.15, 0.2) is 0 Å². The molecule has 0 bridgehead atoms. The van der Waals surface area contributed by atoms with Crippen molar-refractivity contribution in [2.45, 2.75) is 57.4 Å². The summed E-state index contributed by atoms with van der Waals surface area (Å²) in [6.45, 7) is 1.38. The summed E-state index contributed by atoms with van der Waals surface area (Å²) in [5, 5.41) is 5.24. The first-order chi connectivity index (χ1) is 14.7. The molecule has 160 valence electrons. The smallest absolute Gasteiger partial charge is 0.224 e. The normalized spacial score (nSPS) is 19.0. The van der Waals surface area contributed by atoms with Crippen molar-refractivity contribution in [3.8, 4) is 0 Å². The number of pyridine rings is 1. The van der Waals surface area contributed by atoms with E-state index in [0.29, 0.717) is 19.5 Å². The number of hydrogen-bond acceptors (Lipinski definition) is 4. The molecular weight excluding hydrogens is 394 g/mol. The Labute approximate surface area is 182 Å². The standard InChI is InChI=1S/C24H31N3O2S/c28-22(11-10-18-6-1-2-7-18)27-15-12-19(13-16-27)24(29)26-23(21-9-5-17-30-21)20-8-3-4-14-25-20/h3-5,8-9,14,17-19,23H,1-2,6-7,10-13,15-16H2,(H,26,29). The molecule has 4 rings (SSSR count). The van der Waals surface area contributed by atoms with Gasteiger partial charge in [0.2, 0.25) is 11.8 Å². The highest BCUT2D eigenvalue weighted by Gasteiger charge is 2.30. The molecule has 2 fully saturated rings. The summed E-state index contributed by atoms with van der Waals surface area (Å²) in [6, 6.07) is 9.61. The molecule has 1 aliphatic carbocycles. The van der Waals surface area contributed by atoms with Crippen molar-refractivity contribution in [1.29, 1.82) is 0 Å². The fourth-order valence-corrected chi connectivity index (χ4v) is 5.52. The van der Waals surface area contributed by atoms with Crippen LogP contribution >= 0.6 is 11.3 Å². The molecule has 2 amide bonds. The molecule has 30 heavy (non-hydrogen) atoms. The molecule has 1 N–H and O–H groups in total. The van der Waals surface area contributed by atoms with Crippen LogP contribution in [0.15, 0.2) is 41.9 Å². The molecule has 0 radical (unpaired) electrons. The lowest BCUT2D eigenvalue weighted by atomic mass is 9.94. The molecule has 2 aromatic heterocycles. The minimum absolute atomic E-state index is 0.0462. The van der Waals surface area contributed by atoms with E-state index in [1.807, 2.05) is 40.6 Å². The number of carbonyl (C=O) groups excluding carboxylic acids is 2. The van der Waals surface area contributed by atoms with Gasteiger partial charge in [0.05, 0.1) is 5.69 Å². The SMILES string of the molecule is O=C(NC(c1ccccn1)c1cccs1)C1CCN(C(=O)CCC2CCCC2)CC1. The quantitative estimate of drug-likeness (QED) is 0.707. The average molecular weight is 426 g/mol. The summed E-state index contributed by atoms with van der Waals surface area (Å²) >= 11 is 1.63. The topological polar surface area (TPSA) is 62.3 Å². The third kappa shape index (κ3) is 5.28. The minimum atomic E-state index is -0.218. The lowest BCUT2D eigenvalue weighted by Crippen LogP contribution is -2.43. The van der Waals surface area contributed by atoms with Crippen molar-refractivity contribution < 1.29 is 9.59 Å². The van der Waals surface area contributed by atoms with Gasteiger partial charge in [0.25, 0.3) is 0 Å². The van der Waals surface area contributed by atoms with Crippen molar-refractivity contribution in [2.75, 3.05) is 13.1 Å². The second-order valence-corrected chi connectivity index (χ2v) is 9.54. The highest BCUT2D eigenvalue weighted by atomic mass is 32.1. The highest BCUT2D eigenvalue weighted by Crippen LogP contribution is 2.30. The maximum atomic E-state index is 13.0. The van der Waals surface area contributed by atoms with Gasteiger partial charge in [-0.2, -0.15) is 0 Å². The van der Waals surface area contributed by atoms with Crippen LogP contribution in [0.25, 0.3) is 0 Å². The van der Waals surface area contributed by atoms with Crippen molar-refractivity contribution in [2.24, 2.45) is 11.8 Å². The average Bonchev–Trinajstić information content (AvgIpc) is 3.51. The van der Waals surface area contributed by atoms with E-state index >= 15 is 0 Å². The Kier molecular flexibility index (Phi) is 7.16. The predicted molar refractivity (Wildman–Crippen MR) is 119 cm³/mol. The molecule has 1 saturated carbocycles. The van der Waals surface area contributed by atoms with E-state index < -0.39 is 0 Å². The van der Waals surface area contributed by atoms with E-state index in [1.165, 1.54) is 25.7 Å². The van der Waals surface area contributed by atoms with Gasteiger partial charge in [-0.05, 0) is 48.8 Å². The van der Waals surface area contributed by atoms with Gasteiger partial charge in [-0.1, -0.05) is 37.8 Å². The number of amides is 2. The zero-order valence-electron chi connectivity index (χ0n) is 17.5. The largest absolute Gasteiger partial charge is 0.343 e. The molecule has 3 heterocycles. The second-order valence-electron chi connectivity index (χ2n) is 8.56. The monoisotopic (exact) mass is 425 g/mol. The molecule has 0 aromatic carbocycles. The molecule has 5 nitrogen and oxygen atoms in total. The molecule has 1 unspecified atom stereocenters. The van der Waals surface area contributed by atoms with Gasteiger partial charge in [-0.15, -0.1) is 11.3 Å². The van der Waals surface area contributed by atoms with Crippen LogP contribution < -0.4 is 5.32 Å². The van der Waals surface area contributed by atoms with E-state index in [-0.39, 0.29) is 23.8 Å². The number of piperidine rings is 1. The minimum Gasteiger partial charge on any atom is -0.343 e. The van der Waals surface area contributed by atoms with Gasteiger partial charge >= 0.3 is 0 Å². The van der Waals surface area contributed by atoms with E-state index in [9.17, 15) is 9.59 Å². The van der Waals surface area contributed by atoms with Gasteiger partial charge in [-0.3, -0.25) is 14.6 Å². The van der Waals surface area contributed by atoms with Crippen LogP contribution in [0.3, 0.4) is 0 Å². The van der Waals surface area contributed by atoms with Crippen LogP contribution in [0.1, 0.15) is 68.0 Å². The summed E-state index contributed by atoms with van der Waals surface area (Å²) in [4.78, 5) is 33.1. The number of thiophene rings is 1. The first kappa shape index (κ1) is 21.0. The molecule has 0 spiro atoms. The van der Waals surface area contributed by atoms with Gasteiger partial charge < -0.3 is 10.2 Å². The number of hydrogen-bond donors (Lipinski definition) is 1. The molecule has 6 heteroatoms. The van der Waals surface area contributed by atoms with Crippen LogP contribution in [0.5, 0.6) is 0 Å². The van der Waals surface area contributed by atoms with Crippen LogP contribution in [0.2, 0.25) is 0 Å². The predicted octanol–water partition coefficient (Wildman–Crippen LogP) is 4.56. The molecule has 1 aliphatic heterocycles. The number of nitrogens with one attached hydrogen (secondary N) is 1. The van der Waals surface area contributed by atoms with Gasteiger partial charge in [0, 0.05) is 36.5 Å². The van der Waals surface area contributed by atoms with Gasteiger partial charge in [0.1, 0.15) is 6.04 Å². The summed E-state index contributed by atoms with van der Waals surface area (Å²) in [5.41, 5.74) is 0.854. The second kappa shape index (κ2) is 10.2. The van der Waals surface area contributed by atoms with Crippen molar-refractivity contribution >= 4 is 23.2 Å². The molecule has 2 aromatic rings. The third-order valence-corrected chi connectivity index (χ3v) is 7.49. The lowest BCUT2D eigenvalue weighted by molar-refractivity contribution is -0.136. The summed E-state index contributed by atoms with van der Waals surface area (Å²) in [6.07, 6.45) is 10.2. The molecule has 1 atom stereocenters. The summed E-state index contributed by atoms with van der Waals surface area (Å²) < 4.78 is 0. The molecule has 1 saturated heterocycles. The first-order valence-corrected chi connectivity index (χ1v) is 12.1. The summed E-state index contributed by atoms with van der Waals surface area (Å²) in [5.74, 6) is 1.04. The van der Waals surface area contributed by atoms with E-state index in [1.54, 1.807) is 17.5 Å². The fraction of sp³-hybridized carbons (Fsp3) is 0.542. The van der Waals surface area contributed by atoms with Crippen LogP contribution in [0.4, 0.5) is 0 Å². The van der Waals surface area contributed by atoms with Crippen molar-refractivity contribution in [3.63, 3.8) is 0 Å². The first-order valence-electron chi connectivity index (χ1n) is 11.2. The fourth-order valence-electron chi connectivity index (χ4n) is 4.73. The Morgan fingerprint density at radius 1 is 1.10 bits per heavy atom. The zero-order chi connectivity index (χ0) is 20.8. The Morgan fingerprint density at radius 2 is 1.90 bits per heavy atom. The summed E-state index contributed by atoms with van der Waals surface area (Å²) in [7, 11) is 0. The third-order valence-electron chi connectivity index (χ3n) is 6.56. The maximum absolute atomic E-state index is 13.0. The Morgan fingerprint density at radius 3 is 2.57 bits per heavy atom. The Hall–Kier alpha value is -2.21. The Bertz CT molecular complexity index is 810. The number of rotatable bonds is 7. The van der Waals surface area contributed by atoms with Gasteiger partial charge in [-0.25, -0.2) is 0 Å². The maximum Gasteiger partial charge on any atom is 0.224 e. The highest BCUT2D eigenvalue weighted by molar-refractivity contribution is 7.10. The molecular formula is C24H31N3O2S. The zero-order valence-corrected chi connectivity index (χ0v) is 18.3. The van der Waals surface area contributed by atoms with Crippen LogP contribution in [-0.2, 0) is 9.59 Å². The molecule has 2 aliphatic rings. The van der Waals surface area contributed by atoms with Crippen LogP contribution in [0, 0.1) is 11.8 Å². The van der Waals surface area contributed by atoms with E-state index in [0.717, 1.165) is 35.8 Å². The van der Waals surface area contributed by atoms with Crippen molar-refractivity contribution in [3.05, 3.63) is 52.5 Å². The van der Waals surface area contributed by atoms with E-state index in [2.05, 4.69) is 10.3 Å². The van der Waals surface area contributed by atoms with Crippen molar-refractivity contribution in [1.82, 2.24) is 15.2 Å². The van der Waals surface area contributed by atoms with E-state index in [4.69, 9.17) is 0 Å².